The summed E-state index contributed by atoms with van der Waals surface area (Å²) in [5.74, 6) is 0.276. The lowest BCUT2D eigenvalue weighted by molar-refractivity contribution is 0.791. The Kier molecular flexibility index (Phi) is 2.04. The summed E-state index contributed by atoms with van der Waals surface area (Å²) in [6.07, 6.45) is 1.61. The molecule has 2 aromatic heterocycles. The summed E-state index contributed by atoms with van der Waals surface area (Å²) in [5.41, 5.74) is 1.11. The van der Waals surface area contributed by atoms with Gasteiger partial charge in [-0.2, -0.15) is 5.10 Å². The van der Waals surface area contributed by atoms with E-state index in [9.17, 15) is 4.79 Å². The molecule has 4 heteroatoms. The highest BCUT2D eigenvalue weighted by Gasteiger charge is 2.09. The van der Waals surface area contributed by atoms with Crippen molar-refractivity contribution in [2.24, 2.45) is 0 Å². The maximum atomic E-state index is 11.4. The van der Waals surface area contributed by atoms with Crippen LogP contribution >= 0.6 is 0 Å². The molecule has 0 saturated heterocycles. The summed E-state index contributed by atoms with van der Waals surface area (Å²) in [4.78, 5) is 15.4. The molecule has 2 heterocycles. The Hall–Kier alpha value is -1.71. The molecule has 0 aliphatic heterocycles. The zero-order chi connectivity index (χ0) is 10.1. The third-order valence-corrected chi connectivity index (χ3v) is 2.12. The zero-order valence-corrected chi connectivity index (χ0v) is 8.11. The van der Waals surface area contributed by atoms with Crippen LogP contribution in [0.4, 0.5) is 0 Å². The van der Waals surface area contributed by atoms with Gasteiger partial charge >= 0.3 is 0 Å². The van der Waals surface area contributed by atoms with E-state index in [-0.39, 0.29) is 11.5 Å². The highest BCUT2D eigenvalue weighted by atomic mass is 16.1. The van der Waals surface area contributed by atoms with Crippen LogP contribution in [0.25, 0.3) is 10.9 Å². The lowest BCUT2D eigenvalue weighted by atomic mass is 10.1. The number of pyridine rings is 1. The molecular weight excluding hydrogens is 178 g/mol. The smallest absolute Gasteiger partial charge is 0.266 e. The minimum Gasteiger partial charge on any atom is -0.266 e. The Morgan fingerprint density at radius 3 is 2.93 bits per heavy atom. The summed E-state index contributed by atoms with van der Waals surface area (Å²) in [6.45, 7) is 4.07. The van der Waals surface area contributed by atoms with Gasteiger partial charge in [0.2, 0.25) is 0 Å². The number of hydrogen-bond donors (Lipinski definition) is 1. The van der Waals surface area contributed by atoms with Crippen molar-refractivity contribution in [3.8, 4) is 0 Å². The Labute approximate surface area is 81.0 Å². The van der Waals surface area contributed by atoms with Crippen LogP contribution < -0.4 is 5.56 Å². The van der Waals surface area contributed by atoms with Gasteiger partial charge in [0.15, 0.2) is 0 Å². The van der Waals surface area contributed by atoms with E-state index in [0.29, 0.717) is 5.52 Å². The Morgan fingerprint density at radius 2 is 2.21 bits per heavy atom. The number of nitrogens with one attached hydrogen (secondary N) is 1. The first-order valence-corrected chi connectivity index (χ1v) is 4.53. The number of fused-ring (bicyclic) bond motifs is 1. The molecule has 0 bridgehead atoms. The van der Waals surface area contributed by atoms with Gasteiger partial charge in [-0.3, -0.25) is 9.78 Å². The van der Waals surface area contributed by atoms with Crippen LogP contribution in [0.5, 0.6) is 0 Å². The van der Waals surface area contributed by atoms with E-state index >= 15 is 0 Å². The van der Waals surface area contributed by atoms with Gasteiger partial charge in [0.25, 0.3) is 5.56 Å². The van der Waals surface area contributed by atoms with E-state index in [1.807, 2.05) is 26.0 Å². The van der Waals surface area contributed by atoms with Crippen molar-refractivity contribution in [1.29, 1.82) is 0 Å². The number of nitrogens with zero attached hydrogens (tertiary/aromatic N) is 2. The second-order valence-corrected chi connectivity index (χ2v) is 3.49. The number of H-pyrrole nitrogens is 1. The minimum absolute atomic E-state index is 0.231. The maximum Gasteiger partial charge on any atom is 0.290 e. The van der Waals surface area contributed by atoms with Crippen molar-refractivity contribution < 1.29 is 0 Å². The summed E-state index contributed by atoms with van der Waals surface area (Å²) in [6, 6.07) is 3.69. The Morgan fingerprint density at radius 1 is 1.43 bits per heavy atom. The molecule has 2 aromatic rings. The van der Waals surface area contributed by atoms with Crippen molar-refractivity contribution >= 4 is 10.9 Å². The van der Waals surface area contributed by atoms with Gasteiger partial charge in [-0.15, -0.1) is 0 Å². The van der Waals surface area contributed by atoms with Gasteiger partial charge in [0.1, 0.15) is 5.52 Å². The lowest BCUT2D eigenvalue weighted by Gasteiger charge is -2.05. The lowest BCUT2D eigenvalue weighted by Crippen LogP contribution is -2.12. The molecule has 0 aliphatic carbocycles. The Balaban J connectivity index is 2.89. The molecule has 0 aliphatic rings. The highest BCUT2D eigenvalue weighted by molar-refractivity contribution is 5.79. The molecule has 0 fully saturated rings. The molecule has 0 atom stereocenters. The summed E-state index contributed by atoms with van der Waals surface area (Å²) >= 11 is 0. The predicted octanol–water partition coefficient (Wildman–Crippen LogP) is 1.44. The van der Waals surface area contributed by atoms with Gasteiger partial charge < -0.3 is 0 Å². The third kappa shape index (κ3) is 1.28. The van der Waals surface area contributed by atoms with Crippen LogP contribution in [0.1, 0.15) is 25.5 Å². The fourth-order valence-electron chi connectivity index (χ4n) is 1.46. The zero-order valence-electron chi connectivity index (χ0n) is 8.11. The third-order valence-electron chi connectivity index (χ3n) is 2.12. The largest absolute Gasteiger partial charge is 0.290 e. The normalized spacial score (nSPS) is 11.1. The van der Waals surface area contributed by atoms with E-state index in [2.05, 4.69) is 15.2 Å². The Bertz CT molecular complexity index is 516. The van der Waals surface area contributed by atoms with E-state index in [1.165, 1.54) is 0 Å². The first kappa shape index (κ1) is 8.87. The predicted molar refractivity (Wildman–Crippen MR) is 54.2 cm³/mol. The van der Waals surface area contributed by atoms with Gasteiger partial charge in [-0.05, 0) is 18.1 Å². The number of rotatable bonds is 1. The van der Waals surface area contributed by atoms with Crippen LogP contribution in [-0.2, 0) is 0 Å². The summed E-state index contributed by atoms with van der Waals surface area (Å²) < 4.78 is 0. The molecule has 0 aromatic carbocycles. The molecule has 72 valence electrons. The van der Waals surface area contributed by atoms with Crippen LogP contribution in [0, 0.1) is 0 Å². The number of hydrogen-bond acceptors (Lipinski definition) is 3. The topological polar surface area (TPSA) is 58.6 Å². The molecule has 0 amide bonds. The van der Waals surface area contributed by atoms with Gasteiger partial charge in [-0.1, -0.05) is 13.8 Å². The fraction of sp³-hybridized carbons (Fsp3) is 0.300. The average Bonchev–Trinajstić information content (AvgIpc) is 2.18. The second kappa shape index (κ2) is 3.21. The first-order valence-electron chi connectivity index (χ1n) is 4.53. The molecule has 0 unspecified atom stereocenters. The standard InChI is InChI=1S/C10H11N3O/c1-6(2)8-7-4-3-5-11-9(7)10(14)13-12-8/h3-6H,1-2H3,(H,13,14). The van der Waals surface area contributed by atoms with E-state index in [1.54, 1.807) is 6.20 Å². The molecule has 14 heavy (non-hydrogen) atoms. The number of aromatic amines is 1. The van der Waals surface area contributed by atoms with Gasteiger partial charge in [0.05, 0.1) is 5.69 Å². The number of aromatic nitrogens is 3. The van der Waals surface area contributed by atoms with E-state index in [0.717, 1.165) is 11.1 Å². The van der Waals surface area contributed by atoms with Crippen molar-refractivity contribution in [1.82, 2.24) is 15.2 Å². The van der Waals surface area contributed by atoms with Gasteiger partial charge in [-0.25, -0.2) is 5.10 Å². The monoisotopic (exact) mass is 189 g/mol. The first-order chi connectivity index (χ1) is 6.70. The molecular formula is C10H11N3O. The van der Waals surface area contributed by atoms with Crippen LogP contribution in [0.2, 0.25) is 0 Å². The van der Waals surface area contributed by atoms with Crippen molar-refractivity contribution in [3.63, 3.8) is 0 Å². The van der Waals surface area contributed by atoms with Crippen molar-refractivity contribution in [2.75, 3.05) is 0 Å². The molecule has 0 saturated carbocycles. The molecule has 2 rings (SSSR count). The van der Waals surface area contributed by atoms with Crippen molar-refractivity contribution in [2.45, 2.75) is 19.8 Å². The van der Waals surface area contributed by atoms with Crippen LogP contribution in [0.15, 0.2) is 23.1 Å². The minimum atomic E-state index is -0.231. The highest BCUT2D eigenvalue weighted by Crippen LogP contribution is 2.18. The summed E-state index contributed by atoms with van der Waals surface area (Å²) in [7, 11) is 0. The van der Waals surface area contributed by atoms with Crippen LogP contribution in [0.3, 0.4) is 0 Å². The van der Waals surface area contributed by atoms with E-state index < -0.39 is 0 Å². The molecule has 0 spiro atoms. The SMILES string of the molecule is CC(C)c1n[nH]c(=O)c2ncccc12. The van der Waals surface area contributed by atoms with Crippen molar-refractivity contribution in [3.05, 3.63) is 34.4 Å². The second-order valence-electron chi connectivity index (χ2n) is 3.49. The molecule has 1 N–H and O–H groups in total. The quantitative estimate of drug-likeness (QED) is 0.738. The maximum absolute atomic E-state index is 11.4. The van der Waals surface area contributed by atoms with E-state index in [4.69, 9.17) is 0 Å². The fourth-order valence-corrected chi connectivity index (χ4v) is 1.46. The van der Waals surface area contributed by atoms with Crippen LogP contribution in [-0.4, -0.2) is 15.2 Å². The molecule has 4 nitrogen and oxygen atoms in total. The van der Waals surface area contributed by atoms with Gasteiger partial charge in [0, 0.05) is 11.6 Å². The summed E-state index contributed by atoms with van der Waals surface area (Å²) in [5, 5.41) is 7.32. The average molecular weight is 189 g/mol. The molecule has 0 radical (unpaired) electrons.